The molecule has 0 aromatic rings. The minimum absolute atomic E-state index is 0.893. The minimum Gasteiger partial charge on any atom is -0.316 e. The third-order valence-corrected chi connectivity index (χ3v) is 3.21. The van der Waals surface area contributed by atoms with E-state index in [1.807, 2.05) is 0 Å². The summed E-state index contributed by atoms with van der Waals surface area (Å²) in [6.45, 7) is 9.66. The van der Waals surface area contributed by atoms with Crippen LogP contribution >= 0.6 is 0 Å². The highest BCUT2D eigenvalue weighted by Crippen LogP contribution is 2.14. The van der Waals surface area contributed by atoms with Gasteiger partial charge >= 0.3 is 0 Å². The van der Waals surface area contributed by atoms with Crippen LogP contribution in [0.5, 0.6) is 0 Å². The summed E-state index contributed by atoms with van der Waals surface area (Å²) in [4.78, 5) is 4.79. The highest BCUT2D eigenvalue weighted by Gasteiger charge is 2.20. The van der Waals surface area contributed by atoms with Crippen LogP contribution in [0.1, 0.15) is 19.8 Å². The largest absolute Gasteiger partial charge is 0.316 e. The fourth-order valence-electron chi connectivity index (χ4n) is 2.19. The molecule has 0 aromatic heterocycles. The van der Waals surface area contributed by atoms with Crippen molar-refractivity contribution in [3.05, 3.63) is 0 Å². The van der Waals surface area contributed by atoms with E-state index in [2.05, 4.69) is 36.1 Å². The maximum Gasteiger partial charge on any atom is 0.00222 e. The van der Waals surface area contributed by atoms with E-state index in [0.29, 0.717) is 0 Å². The lowest BCUT2D eigenvalue weighted by atomic mass is 10.1. The summed E-state index contributed by atoms with van der Waals surface area (Å²) in [7, 11) is 4.27. The van der Waals surface area contributed by atoms with E-state index in [0.717, 1.165) is 5.92 Å². The molecule has 1 aliphatic rings. The molecule has 1 unspecified atom stereocenters. The van der Waals surface area contributed by atoms with Gasteiger partial charge in [-0.1, -0.05) is 6.92 Å². The van der Waals surface area contributed by atoms with Gasteiger partial charge in [0, 0.05) is 6.54 Å². The molecule has 1 atom stereocenters. The van der Waals surface area contributed by atoms with E-state index in [9.17, 15) is 0 Å². The van der Waals surface area contributed by atoms with Crippen LogP contribution in [-0.4, -0.2) is 63.2 Å². The Morgan fingerprint density at radius 2 is 2.20 bits per heavy atom. The minimum atomic E-state index is 0.893. The van der Waals surface area contributed by atoms with E-state index in [4.69, 9.17) is 0 Å². The molecule has 3 nitrogen and oxygen atoms in total. The van der Waals surface area contributed by atoms with Crippen LogP contribution in [0.25, 0.3) is 0 Å². The average molecular weight is 213 g/mol. The van der Waals surface area contributed by atoms with Crippen molar-refractivity contribution in [2.24, 2.45) is 5.92 Å². The molecule has 0 spiro atoms. The number of nitrogens with zero attached hydrogens (tertiary/aromatic N) is 2. The quantitative estimate of drug-likeness (QED) is 0.633. The van der Waals surface area contributed by atoms with Crippen molar-refractivity contribution in [3.8, 4) is 0 Å². The molecule has 15 heavy (non-hydrogen) atoms. The van der Waals surface area contributed by atoms with Crippen LogP contribution in [0.4, 0.5) is 0 Å². The Morgan fingerprint density at radius 3 is 2.80 bits per heavy atom. The molecule has 0 saturated carbocycles. The van der Waals surface area contributed by atoms with Crippen LogP contribution in [0.3, 0.4) is 0 Å². The van der Waals surface area contributed by atoms with Gasteiger partial charge < -0.3 is 15.1 Å². The second-order valence-corrected chi connectivity index (χ2v) is 4.91. The monoisotopic (exact) mass is 213 g/mol. The summed E-state index contributed by atoms with van der Waals surface area (Å²) in [6, 6.07) is 0. The molecule has 0 aromatic carbocycles. The highest BCUT2D eigenvalue weighted by molar-refractivity contribution is 4.76. The van der Waals surface area contributed by atoms with Crippen molar-refractivity contribution in [1.82, 2.24) is 15.1 Å². The maximum atomic E-state index is 3.57. The predicted molar refractivity (Wildman–Crippen MR) is 66.3 cm³/mol. The Balaban J connectivity index is 1.92. The zero-order chi connectivity index (χ0) is 11.1. The number of likely N-dealkylation sites (tertiary alicyclic amines) is 1. The lowest BCUT2D eigenvalue weighted by molar-refractivity contribution is 0.337. The summed E-state index contributed by atoms with van der Waals surface area (Å²) in [5.74, 6) is 0.893. The Bertz CT molecular complexity index is 159. The first-order valence-corrected chi connectivity index (χ1v) is 6.30. The molecule has 1 saturated heterocycles. The van der Waals surface area contributed by atoms with Gasteiger partial charge in [-0.15, -0.1) is 0 Å². The normalized spacial score (nSPS) is 22.8. The Labute approximate surface area is 94.8 Å². The molecule has 90 valence electrons. The van der Waals surface area contributed by atoms with Crippen molar-refractivity contribution < 1.29 is 0 Å². The third-order valence-electron chi connectivity index (χ3n) is 3.21. The Hall–Kier alpha value is -0.120. The van der Waals surface area contributed by atoms with Gasteiger partial charge in [0.05, 0.1) is 0 Å². The van der Waals surface area contributed by atoms with E-state index in [-0.39, 0.29) is 0 Å². The number of nitrogens with one attached hydrogen (secondary N) is 1. The van der Waals surface area contributed by atoms with Gasteiger partial charge in [0.25, 0.3) is 0 Å². The van der Waals surface area contributed by atoms with Crippen LogP contribution in [0.15, 0.2) is 0 Å². The van der Waals surface area contributed by atoms with Gasteiger partial charge in [-0.2, -0.15) is 0 Å². The fourth-order valence-corrected chi connectivity index (χ4v) is 2.19. The molecule has 1 fully saturated rings. The first kappa shape index (κ1) is 12.9. The molecule has 1 aliphatic heterocycles. The lowest BCUT2D eigenvalue weighted by Gasteiger charge is -2.14. The molecular formula is C12H27N3. The molecule has 1 rings (SSSR count). The highest BCUT2D eigenvalue weighted by atomic mass is 15.1. The zero-order valence-electron chi connectivity index (χ0n) is 10.6. The molecule has 0 aliphatic carbocycles. The standard InChI is InChI=1S/C12H27N3/c1-4-15-9-6-12(11-15)10-13-7-5-8-14(2)3/h12-13H,4-11H2,1-3H3. The zero-order valence-corrected chi connectivity index (χ0v) is 10.6. The molecule has 1 N–H and O–H groups in total. The third kappa shape index (κ3) is 5.50. The first-order chi connectivity index (χ1) is 7.22. The van der Waals surface area contributed by atoms with Crippen molar-refractivity contribution in [1.29, 1.82) is 0 Å². The van der Waals surface area contributed by atoms with Crippen molar-refractivity contribution in [2.45, 2.75) is 19.8 Å². The molecule has 3 heteroatoms. The Morgan fingerprint density at radius 1 is 1.40 bits per heavy atom. The fraction of sp³-hybridized carbons (Fsp3) is 1.00. The maximum absolute atomic E-state index is 3.57. The van der Waals surface area contributed by atoms with Gasteiger partial charge in [0.1, 0.15) is 0 Å². The number of rotatable bonds is 7. The van der Waals surface area contributed by atoms with Crippen LogP contribution in [0, 0.1) is 5.92 Å². The summed E-state index contributed by atoms with van der Waals surface area (Å²) in [6.07, 6.45) is 2.64. The van der Waals surface area contributed by atoms with Crippen LogP contribution in [0.2, 0.25) is 0 Å². The summed E-state index contributed by atoms with van der Waals surface area (Å²) in [5, 5.41) is 3.57. The second kappa shape index (κ2) is 7.20. The van der Waals surface area contributed by atoms with Gasteiger partial charge in [0.2, 0.25) is 0 Å². The summed E-state index contributed by atoms with van der Waals surface area (Å²) < 4.78 is 0. The van der Waals surface area contributed by atoms with Gasteiger partial charge in [0.15, 0.2) is 0 Å². The van der Waals surface area contributed by atoms with E-state index in [1.54, 1.807) is 0 Å². The Kier molecular flexibility index (Phi) is 6.22. The predicted octanol–water partition coefficient (Wildman–Crippen LogP) is 0.870. The van der Waals surface area contributed by atoms with E-state index < -0.39 is 0 Å². The number of hydrogen-bond donors (Lipinski definition) is 1. The van der Waals surface area contributed by atoms with Crippen LogP contribution in [-0.2, 0) is 0 Å². The molecule has 0 bridgehead atoms. The van der Waals surface area contributed by atoms with Gasteiger partial charge in [-0.05, 0) is 65.6 Å². The molecule has 1 heterocycles. The molecule has 0 radical (unpaired) electrons. The average Bonchev–Trinajstić information content (AvgIpc) is 2.65. The van der Waals surface area contributed by atoms with Crippen molar-refractivity contribution in [2.75, 3.05) is 53.4 Å². The van der Waals surface area contributed by atoms with E-state index >= 15 is 0 Å². The van der Waals surface area contributed by atoms with Gasteiger partial charge in [-0.3, -0.25) is 0 Å². The van der Waals surface area contributed by atoms with Crippen molar-refractivity contribution in [3.63, 3.8) is 0 Å². The molecular weight excluding hydrogens is 186 g/mol. The number of hydrogen-bond acceptors (Lipinski definition) is 3. The topological polar surface area (TPSA) is 18.5 Å². The van der Waals surface area contributed by atoms with Crippen molar-refractivity contribution >= 4 is 0 Å². The first-order valence-electron chi connectivity index (χ1n) is 6.30. The van der Waals surface area contributed by atoms with Gasteiger partial charge in [-0.25, -0.2) is 0 Å². The second-order valence-electron chi connectivity index (χ2n) is 4.91. The molecule has 0 amide bonds. The summed E-state index contributed by atoms with van der Waals surface area (Å²) in [5.41, 5.74) is 0. The smallest absolute Gasteiger partial charge is 0.00222 e. The summed E-state index contributed by atoms with van der Waals surface area (Å²) >= 11 is 0. The van der Waals surface area contributed by atoms with E-state index in [1.165, 1.54) is 52.1 Å². The van der Waals surface area contributed by atoms with Crippen LogP contribution < -0.4 is 5.32 Å². The SMILES string of the molecule is CCN1CCC(CNCCCN(C)C)C1. The lowest BCUT2D eigenvalue weighted by Crippen LogP contribution is -2.28.